The van der Waals surface area contributed by atoms with Crippen LogP contribution in [0, 0.1) is 6.92 Å². The van der Waals surface area contributed by atoms with Gasteiger partial charge in [0.1, 0.15) is 5.01 Å². The monoisotopic (exact) mass is 286 g/mol. The predicted molar refractivity (Wildman–Crippen MR) is 84.3 cm³/mol. The number of hydrogen-bond donors (Lipinski definition) is 1. The van der Waals surface area contributed by atoms with Crippen molar-refractivity contribution in [1.29, 1.82) is 0 Å². The molecule has 0 saturated heterocycles. The molecule has 0 amide bonds. The highest BCUT2D eigenvalue weighted by Crippen LogP contribution is 2.25. The minimum atomic E-state index is 0.773. The Bertz CT molecular complexity index is 702. The van der Waals surface area contributed by atoms with Gasteiger partial charge in [0.2, 0.25) is 5.13 Å². The summed E-state index contributed by atoms with van der Waals surface area (Å²) in [5.74, 6) is 0. The molecule has 3 rings (SSSR count). The number of fused-ring (bicyclic) bond motifs is 1. The summed E-state index contributed by atoms with van der Waals surface area (Å²) in [5.41, 5.74) is 3.89. The summed E-state index contributed by atoms with van der Waals surface area (Å²) in [7, 11) is 2.11. The van der Waals surface area contributed by atoms with Gasteiger partial charge in [0.05, 0.1) is 6.54 Å². The number of aryl methyl sites for hydroxylation is 3. The molecule has 0 aliphatic heterocycles. The van der Waals surface area contributed by atoms with Gasteiger partial charge in [-0.1, -0.05) is 36.5 Å². The van der Waals surface area contributed by atoms with Gasteiger partial charge in [-0.25, -0.2) is 0 Å². The summed E-state index contributed by atoms with van der Waals surface area (Å²) in [6.45, 7) is 5.05. The van der Waals surface area contributed by atoms with E-state index in [2.05, 4.69) is 65.2 Å². The Morgan fingerprint density at radius 2 is 2.05 bits per heavy atom. The SMILES string of the molecule is CCc1nnc(NCc2c(C)c3ccccc3n2C)s1. The van der Waals surface area contributed by atoms with Crippen LogP contribution in [-0.2, 0) is 20.0 Å². The van der Waals surface area contributed by atoms with Crippen LogP contribution in [0.4, 0.5) is 5.13 Å². The molecular weight excluding hydrogens is 268 g/mol. The summed E-state index contributed by atoms with van der Waals surface area (Å²) in [6, 6.07) is 8.50. The Morgan fingerprint density at radius 1 is 1.25 bits per heavy atom. The molecule has 0 spiro atoms. The number of anilines is 1. The molecular formula is C15H18N4S. The van der Waals surface area contributed by atoms with Crippen LogP contribution in [0.25, 0.3) is 10.9 Å². The molecule has 1 aromatic carbocycles. The first kappa shape index (κ1) is 13.1. The summed E-state index contributed by atoms with van der Waals surface area (Å²) in [4.78, 5) is 0. The van der Waals surface area contributed by atoms with Crippen molar-refractivity contribution < 1.29 is 0 Å². The van der Waals surface area contributed by atoms with Gasteiger partial charge in [-0.05, 0) is 25.0 Å². The van der Waals surface area contributed by atoms with Crippen molar-refractivity contribution in [3.63, 3.8) is 0 Å². The van der Waals surface area contributed by atoms with Gasteiger partial charge in [0.25, 0.3) is 0 Å². The maximum absolute atomic E-state index is 4.16. The van der Waals surface area contributed by atoms with Crippen LogP contribution in [0.1, 0.15) is 23.2 Å². The molecule has 104 valence electrons. The number of benzene rings is 1. The van der Waals surface area contributed by atoms with E-state index in [-0.39, 0.29) is 0 Å². The number of aromatic nitrogens is 3. The molecule has 0 aliphatic carbocycles. The van der Waals surface area contributed by atoms with E-state index in [9.17, 15) is 0 Å². The highest BCUT2D eigenvalue weighted by Gasteiger charge is 2.11. The minimum absolute atomic E-state index is 0.773. The van der Waals surface area contributed by atoms with E-state index in [0.29, 0.717) is 0 Å². The Labute approximate surface area is 122 Å². The third-order valence-electron chi connectivity index (χ3n) is 3.68. The average Bonchev–Trinajstić information content (AvgIpc) is 3.03. The van der Waals surface area contributed by atoms with Crippen molar-refractivity contribution in [3.8, 4) is 0 Å². The van der Waals surface area contributed by atoms with E-state index in [1.807, 2.05) is 0 Å². The molecule has 0 bridgehead atoms. The van der Waals surface area contributed by atoms with Gasteiger partial charge in [-0.2, -0.15) is 0 Å². The van der Waals surface area contributed by atoms with Crippen LogP contribution < -0.4 is 5.32 Å². The second-order valence-electron chi connectivity index (χ2n) is 4.86. The number of nitrogens with zero attached hydrogens (tertiary/aromatic N) is 3. The maximum Gasteiger partial charge on any atom is 0.205 e. The molecule has 0 fully saturated rings. The van der Waals surface area contributed by atoms with Crippen molar-refractivity contribution in [2.45, 2.75) is 26.8 Å². The van der Waals surface area contributed by atoms with Crippen molar-refractivity contribution in [2.24, 2.45) is 7.05 Å². The smallest absolute Gasteiger partial charge is 0.205 e. The van der Waals surface area contributed by atoms with Crippen molar-refractivity contribution in [2.75, 3.05) is 5.32 Å². The molecule has 20 heavy (non-hydrogen) atoms. The highest BCUT2D eigenvalue weighted by atomic mass is 32.1. The Hall–Kier alpha value is -1.88. The maximum atomic E-state index is 4.16. The fraction of sp³-hybridized carbons (Fsp3) is 0.333. The van der Waals surface area contributed by atoms with Gasteiger partial charge in [0.15, 0.2) is 0 Å². The van der Waals surface area contributed by atoms with E-state index >= 15 is 0 Å². The van der Waals surface area contributed by atoms with Gasteiger partial charge < -0.3 is 9.88 Å². The van der Waals surface area contributed by atoms with E-state index < -0.39 is 0 Å². The van der Waals surface area contributed by atoms with Gasteiger partial charge >= 0.3 is 0 Å². The molecule has 0 saturated carbocycles. The zero-order chi connectivity index (χ0) is 14.1. The fourth-order valence-corrected chi connectivity index (χ4v) is 3.19. The molecule has 5 heteroatoms. The van der Waals surface area contributed by atoms with Crippen LogP contribution in [0.3, 0.4) is 0 Å². The molecule has 3 aromatic rings. The van der Waals surface area contributed by atoms with E-state index in [1.165, 1.54) is 22.2 Å². The average molecular weight is 286 g/mol. The molecule has 0 atom stereocenters. The van der Waals surface area contributed by atoms with Crippen molar-refractivity contribution in [3.05, 3.63) is 40.5 Å². The lowest BCUT2D eigenvalue weighted by molar-refractivity contribution is 0.858. The van der Waals surface area contributed by atoms with E-state index in [4.69, 9.17) is 0 Å². The van der Waals surface area contributed by atoms with Gasteiger partial charge in [-0.3, -0.25) is 0 Å². The summed E-state index contributed by atoms with van der Waals surface area (Å²) >= 11 is 1.63. The van der Waals surface area contributed by atoms with Crippen LogP contribution in [0.15, 0.2) is 24.3 Å². The molecule has 0 aliphatic rings. The van der Waals surface area contributed by atoms with Crippen LogP contribution in [0.5, 0.6) is 0 Å². The molecule has 1 N–H and O–H groups in total. The first-order chi connectivity index (χ1) is 9.70. The number of hydrogen-bond acceptors (Lipinski definition) is 4. The number of nitrogens with one attached hydrogen (secondary N) is 1. The van der Waals surface area contributed by atoms with Crippen LogP contribution in [-0.4, -0.2) is 14.8 Å². The normalized spacial score (nSPS) is 11.2. The van der Waals surface area contributed by atoms with Gasteiger partial charge in [-0.15, -0.1) is 10.2 Å². The minimum Gasteiger partial charge on any atom is -0.354 e. The van der Waals surface area contributed by atoms with Gasteiger partial charge in [0, 0.05) is 23.6 Å². The quantitative estimate of drug-likeness (QED) is 0.798. The van der Waals surface area contributed by atoms with E-state index in [0.717, 1.165) is 23.1 Å². The highest BCUT2D eigenvalue weighted by molar-refractivity contribution is 7.15. The first-order valence-corrected chi connectivity index (χ1v) is 7.61. The molecule has 2 heterocycles. The second-order valence-corrected chi connectivity index (χ2v) is 5.92. The largest absolute Gasteiger partial charge is 0.354 e. The summed E-state index contributed by atoms with van der Waals surface area (Å²) in [5, 5.41) is 15.0. The zero-order valence-electron chi connectivity index (χ0n) is 12.0. The van der Waals surface area contributed by atoms with Crippen LogP contribution >= 0.6 is 11.3 Å². The zero-order valence-corrected chi connectivity index (χ0v) is 12.8. The molecule has 0 unspecified atom stereocenters. The second kappa shape index (κ2) is 5.25. The molecule has 2 aromatic heterocycles. The van der Waals surface area contributed by atoms with Crippen LogP contribution in [0.2, 0.25) is 0 Å². The Balaban J connectivity index is 1.87. The third kappa shape index (κ3) is 2.18. The topological polar surface area (TPSA) is 42.7 Å². The summed E-state index contributed by atoms with van der Waals surface area (Å²) in [6.07, 6.45) is 0.937. The lowest BCUT2D eigenvalue weighted by Crippen LogP contribution is -2.05. The Kier molecular flexibility index (Phi) is 3.44. The number of para-hydroxylation sites is 1. The molecule has 0 radical (unpaired) electrons. The molecule has 4 nitrogen and oxygen atoms in total. The lowest BCUT2D eigenvalue weighted by atomic mass is 10.1. The third-order valence-corrected chi connectivity index (χ3v) is 4.71. The van der Waals surface area contributed by atoms with Crippen molar-refractivity contribution in [1.82, 2.24) is 14.8 Å². The van der Waals surface area contributed by atoms with Crippen molar-refractivity contribution >= 4 is 27.4 Å². The van der Waals surface area contributed by atoms with E-state index in [1.54, 1.807) is 11.3 Å². The first-order valence-electron chi connectivity index (χ1n) is 6.80. The fourth-order valence-electron chi connectivity index (χ4n) is 2.51. The standard InChI is InChI=1S/C15H18N4S/c1-4-14-17-18-15(20-14)16-9-13-10(2)11-7-5-6-8-12(11)19(13)3/h5-8H,4,9H2,1-3H3,(H,16,18). The number of rotatable bonds is 4. The summed E-state index contributed by atoms with van der Waals surface area (Å²) < 4.78 is 2.25. The predicted octanol–water partition coefficient (Wildman–Crippen LogP) is 3.51. The Morgan fingerprint density at radius 3 is 2.75 bits per heavy atom. The lowest BCUT2D eigenvalue weighted by Gasteiger charge is -2.06.